The molecule has 1 fully saturated rings. The number of fused-ring (bicyclic) bond motifs is 1. The van der Waals surface area contributed by atoms with Crippen molar-refractivity contribution in [2.24, 2.45) is 4.99 Å². The number of nitrogen functional groups attached to an aromatic ring is 1. The van der Waals surface area contributed by atoms with Gasteiger partial charge in [-0.2, -0.15) is 0 Å². The zero-order valence-corrected chi connectivity index (χ0v) is 18.8. The molecule has 0 spiro atoms. The van der Waals surface area contributed by atoms with Gasteiger partial charge in [-0.1, -0.05) is 24.3 Å². The summed E-state index contributed by atoms with van der Waals surface area (Å²) in [4.78, 5) is 17.8. The number of anilines is 1. The molecule has 0 saturated carbocycles. The Morgan fingerprint density at radius 3 is 2.46 bits per heavy atom. The highest BCUT2D eigenvalue weighted by Gasteiger charge is 2.40. The van der Waals surface area contributed by atoms with Crippen LogP contribution in [0.4, 0.5) is 18.9 Å². The highest BCUT2D eigenvalue weighted by molar-refractivity contribution is 5.99. The maximum absolute atomic E-state index is 15.2. The standard InChI is InChI=1S/C26H22F3N3O3/c1-31-9-17-16(5-6-19(24(17)30)26(34)12-35-13-26)15-7-21(28)18(22(29)8-15)11-32-10-14-3-2-4-20(27)23(14)25(32)33/h2-9,34H,10-13,30H2,1H3. The van der Waals surface area contributed by atoms with Crippen LogP contribution in [0.25, 0.3) is 11.1 Å². The molecule has 2 aliphatic heterocycles. The van der Waals surface area contributed by atoms with Crippen LogP contribution in [-0.4, -0.2) is 42.4 Å². The highest BCUT2D eigenvalue weighted by Crippen LogP contribution is 2.39. The molecule has 35 heavy (non-hydrogen) atoms. The van der Waals surface area contributed by atoms with Gasteiger partial charge in [-0.25, -0.2) is 13.2 Å². The molecule has 2 aliphatic rings. The molecule has 2 heterocycles. The first-order valence-electron chi connectivity index (χ1n) is 10.9. The largest absolute Gasteiger partial charge is 0.398 e. The predicted molar refractivity (Wildman–Crippen MR) is 124 cm³/mol. The molecular formula is C26H22F3N3O3. The Morgan fingerprint density at radius 2 is 1.86 bits per heavy atom. The zero-order valence-electron chi connectivity index (χ0n) is 18.8. The third-order valence-corrected chi connectivity index (χ3v) is 6.49. The zero-order chi connectivity index (χ0) is 24.9. The Kier molecular flexibility index (Phi) is 5.61. The normalized spacial score (nSPS) is 16.6. The number of hydrogen-bond acceptors (Lipinski definition) is 5. The van der Waals surface area contributed by atoms with Crippen molar-refractivity contribution in [3.63, 3.8) is 0 Å². The van der Waals surface area contributed by atoms with Crippen molar-refractivity contribution in [2.45, 2.75) is 18.7 Å². The second kappa shape index (κ2) is 8.51. The van der Waals surface area contributed by atoms with Gasteiger partial charge < -0.3 is 20.5 Å². The van der Waals surface area contributed by atoms with Gasteiger partial charge in [0, 0.05) is 42.2 Å². The van der Waals surface area contributed by atoms with Crippen LogP contribution in [0.3, 0.4) is 0 Å². The number of nitrogens with two attached hydrogens (primary N) is 1. The van der Waals surface area contributed by atoms with Crippen LogP contribution in [0.2, 0.25) is 0 Å². The second-order valence-electron chi connectivity index (χ2n) is 8.75. The van der Waals surface area contributed by atoms with E-state index in [1.165, 1.54) is 30.3 Å². The fourth-order valence-electron chi connectivity index (χ4n) is 4.62. The predicted octanol–water partition coefficient (Wildman–Crippen LogP) is 3.78. The SMILES string of the molecule is CN=Cc1c(-c2cc(F)c(CN3Cc4cccc(F)c4C3=O)c(F)c2)ccc(C2(O)COC2)c1N. The second-order valence-corrected chi connectivity index (χ2v) is 8.75. The van der Waals surface area contributed by atoms with Crippen molar-refractivity contribution < 1.29 is 27.8 Å². The van der Waals surface area contributed by atoms with E-state index >= 15 is 8.78 Å². The lowest BCUT2D eigenvalue weighted by Gasteiger charge is -2.38. The van der Waals surface area contributed by atoms with Gasteiger partial charge in [0.15, 0.2) is 0 Å². The summed E-state index contributed by atoms with van der Waals surface area (Å²) in [5, 5.41) is 10.7. The fourth-order valence-corrected chi connectivity index (χ4v) is 4.62. The Bertz CT molecular complexity index is 1360. The van der Waals surface area contributed by atoms with Crippen LogP contribution < -0.4 is 5.73 Å². The summed E-state index contributed by atoms with van der Waals surface area (Å²) < 4.78 is 49.5. The molecule has 3 aromatic rings. The van der Waals surface area contributed by atoms with Crippen molar-refractivity contribution in [1.82, 2.24) is 4.90 Å². The molecule has 0 atom stereocenters. The number of benzene rings is 3. The Hall–Kier alpha value is -3.69. The van der Waals surface area contributed by atoms with Crippen LogP contribution in [0, 0.1) is 17.5 Å². The van der Waals surface area contributed by atoms with E-state index in [1.807, 2.05) is 0 Å². The van der Waals surface area contributed by atoms with Gasteiger partial charge in [0.05, 0.1) is 25.3 Å². The van der Waals surface area contributed by atoms with E-state index in [-0.39, 0.29) is 48.7 Å². The molecule has 1 saturated heterocycles. The molecular weight excluding hydrogens is 459 g/mol. The molecule has 3 N–H and O–H groups in total. The summed E-state index contributed by atoms with van der Waals surface area (Å²) in [6.07, 6.45) is 1.47. The van der Waals surface area contributed by atoms with Gasteiger partial charge in [0.2, 0.25) is 0 Å². The minimum atomic E-state index is -1.22. The van der Waals surface area contributed by atoms with E-state index in [0.29, 0.717) is 22.3 Å². The van der Waals surface area contributed by atoms with E-state index in [1.54, 1.807) is 18.2 Å². The van der Waals surface area contributed by atoms with Crippen molar-refractivity contribution in [3.05, 3.63) is 87.7 Å². The summed E-state index contributed by atoms with van der Waals surface area (Å²) in [5.41, 5.74) is 6.96. The highest BCUT2D eigenvalue weighted by atomic mass is 19.1. The summed E-state index contributed by atoms with van der Waals surface area (Å²) in [6, 6.07) is 9.84. The Balaban J connectivity index is 1.49. The molecule has 0 unspecified atom stereocenters. The molecule has 180 valence electrons. The van der Waals surface area contributed by atoms with Gasteiger partial charge in [-0.15, -0.1) is 0 Å². The van der Waals surface area contributed by atoms with Crippen LogP contribution in [0.5, 0.6) is 0 Å². The number of halogens is 3. The quantitative estimate of drug-likeness (QED) is 0.429. The van der Waals surface area contributed by atoms with Crippen molar-refractivity contribution >= 4 is 17.8 Å². The maximum Gasteiger partial charge on any atom is 0.257 e. The number of carbonyl (C=O) groups is 1. The molecule has 0 bridgehead atoms. The van der Waals surface area contributed by atoms with Crippen LogP contribution in [0.15, 0.2) is 47.5 Å². The molecule has 5 rings (SSSR count). The summed E-state index contributed by atoms with van der Waals surface area (Å²) in [7, 11) is 1.54. The molecule has 3 aromatic carbocycles. The topological polar surface area (TPSA) is 88.2 Å². The van der Waals surface area contributed by atoms with Gasteiger partial charge in [-0.05, 0) is 34.9 Å². The molecule has 1 amide bonds. The van der Waals surface area contributed by atoms with E-state index in [9.17, 15) is 14.3 Å². The monoisotopic (exact) mass is 481 g/mol. The molecule has 0 aromatic heterocycles. The molecule has 0 radical (unpaired) electrons. The number of aliphatic hydroxyl groups is 1. The number of ether oxygens (including phenoxy) is 1. The van der Waals surface area contributed by atoms with Crippen molar-refractivity contribution in [2.75, 3.05) is 26.0 Å². The molecule has 9 heteroatoms. The first-order valence-corrected chi connectivity index (χ1v) is 10.9. The number of nitrogens with zero attached hydrogens (tertiary/aromatic N) is 2. The minimum Gasteiger partial charge on any atom is -0.398 e. The Labute approximate surface area is 199 Å². The van der Waals surface area contributed by atoms with Crippen LogP contribution >= 0.6 is 0 Å². The minimum absolute atomic E-state index is 0.0638. The van der Waals surface area contributed by atoms with Gasteiger partial charge in [0.25, 0.3) is 5.91 Å². The Morgan fingerprint density at radius 1 is 1.14 bits per heavy atom. The lowest BCUT2D eigenvalue weighted by Crippen LogP contribution is -2.47. The fraction of sp³-hybridized carbons (Fsp3) is 0.231. The van der Waals surface area contributed by atoms with Crippen molar-refractivity contribution in [3.8, 4) is 11.1 Å². The number of carbonyl (C=O) groups excluding carboxylic acids is 1. The summed E-state index contributed by atoms with van der Waals surface area (Å²) >= 11 is 0. The number of amides is 1. The molecule has 6 nitrogen and oxygen atoms in total. The van der Waals surface area contributed by atoms with Crippen molar-refractivity contribution in [1.29, 1.82) is 0 Å². The summed E-state index contributed by atoms with van der Waals surface area (Å²) in [6.45, 7) is -0.0863. The summed E-state index contributed by atoms with van der Waals surface area (Å²) in [5.74, 6) is -2.96. The first kappa shape index (κ1) is 23.1. The maximum atomic E-state index is 15.2. The molecule has 0 aliphatic carbocycles. The van der Waals surface area contributed by atoms with E-state index in [0.717, 1.165) is 12.1 Å². The average Bonchev–Trinajstić information content (AvgIpc) is 3.12. The van der Waals surface area contributed by atoms with Gasteiger partial charge in [-0.3, -0.25) is 9.79 Å². The average molecular weight is 481 g/mol. The van der Waals surface area contributed by atoms with E-state index in [2.05, 4.69) is 4.99 Å². The third kappa shape index (κ3) is 3.77. The number of hydrogen-bond donors (Lipinski definition) is 2. The van der Waals surface area contributed by atoms with E-state index < -0.39 is 29.0 Å². The lowest BCUT2D eigenvalue weighted by molar-refractivity contribution is -0.184. The van der Waals surface area contributed by atoms with Gasteiger partial charge >= 0.3 is 0 Å². The van der Waals surface area contributed by atoms with E-state index in [4.69, 9.17) is 10.5 Å². The van der Waals surface area contributed by atoms with Gasteiger partial charge in [0.1, 0.15) is 23.1 Å². The lowest BCUT2D eigenvalue weighted by atomic mass is 9.86. The van der Waals surface area contributed by atoms with Crippen LogP contribution in [-0.2, 0) is 23.4 Å². The smallest absolute Gasteiger partial charge is 0.257 e. The number of aliphatic imine (C=N–C) groups is 1. The number of rotatable bonds is 5. The third-order valence-electron chi connectivity index (χ3n) is 6.49. The van der Waals surface area contributed by atoms with Crippen LogP contribution in [0.1, 0.15) is 32.6 Å². The first-order chi connectivity index (χ1) is 16.7.